The van der Waals surface area contributed by atoms with Gasteiger partial charge in [0.05, 0.1) is 12.1 Å². The number of carbonyl (C=O) groups is 1. The van der Waals surface area contributed by atoms with E-state index in [0.29, 0.717) is 0 Å². The van der Waals surface area contributed by atoms with Crippen LogP contribution in [0.25, 0.3) is 0 Å². The van der Waals surface area contributed by atoms with E-state index < -0.39 is 0 Å². The second-order valence-electron chi connectivity index (χ2n) is 0.447. The Morgan fingerprint density at radius 1 is 1.12 bits per heavy atom. The molecule has 0 aromatic carbocycles. The van der Waals surface area contributed by atoms with Gasteiger partial charge in [-0.25, -0.2) is 0 Å². The van der Waals surface area contributed by atoms with Crippen LogP contribution >= 0.6 is 0 Å². The van der Waals surface area contributed by atoms with Crippen molar-refractivity contribution in [3.05, 3.63) is 0 Å². The van der Waals surface area contributed by atoms with Gasteiger partial charge in [-0.2, -0.15) is 10.5 Å². The quantitative estimate of drug-likeness (QED) is 0.467. The monoisotopic (exact) mass is 112 g/mol. The molecular formula is C5H8N2O. The Balaban J connectivity index is -0.0000000483. The maximum Gasteiger partial charge on any atom is 0.106 e. The summed E-state index contributed by atoms with van der Waals surface area (Å²) in [6.45, 7) is 4.86. The van der Waals surface area contributed by atoms with Gasteiger partial charge in [0.2, 0.25) is 0 Å². The van der Waals surface area contributed by atoms with Crippen LogP contribution in [0, 0.1) is 22.7 Å². The predicted octanol–water partition coefficient (Wildman–Crippen LogP) is 0.875. The number of hydrogen-bond acceptors (Lipinski definition) is 3. The molecule has 0 aliphatic carbocycles. The van der Waals surface area contributed by atoms with E-state index in [1.165, 1.54) is 13.8 Å². The molecule has 0 unspecified atom stereocenters. The van der Waals surface area contributed by atoms with E-state index in [4.69, 9.17) is 15.3 Å². The molecule has 8 heavy (non-hydrogen) atoms. The maximum absolute atomic E-state index is 8.00. The van der Waals surface area contributed by atoms with Gasteiger partial charge in [0.25, 0.3) is 0 Å². The molecule has 0 fully saturated rings. The molecular weight excluding hydrogens is 104 g/mol. The Labute approximate surface area is 49.2 Å². The highest BCUT2D eigenvalue weighted by atomic mass is 16.1. The van der Waals surface area contributed by atoms with Gasteiger partial charge in [0, 0.05) is 13.8 Å². The molecule has 0 aromatic heterocycles. The molecule has 0 saturated carbocycles. The van der Waals surface area contributed by atoms with Gasteiger partial charge in [-0.3, -0.25) is 0 Å². The fraction of sp³-hybridized carbons (Fsp3) is 0.400. The lowest BCUT2D eigenvalue weighted by Crippen LogP contribution is -1.10. The molecule has 0 rings (SSSR count). The first-order valence-electron chi connectivity index (χ1n) is 1.74. The van der Waals surface area contributed by atoms with Crippen molar-refractivity contribution < 1.29 is 4.79 Å². The van der Waals surface area contributed by atoms with Crippen molar-refractivity contribution in [2.24, 2.45) is 0 Å². The molecule has 0 heterocycles. The molecule has 0 aliphatic rings. The molecule has 3 nitrogen and oxygen atoms in total. The Morgan fingerprint density at radius 2 is 1.12 bits per heavy atom. The molecule has 0 atom stereocenters. The van der Waals surface area contributed by atoms with Crippen LogP contribution in [0.1, 0.15) is 13.8 Å². The summed E-state index contributed by atoms with van der Waals surface area (Å²) in [6.07, 6.45) is 0. The van der Waals surface area contributed by atoms with E-state index in [-0.39, 0.29) is 0 Å². The number of carbonyl (C=O) groups excluding carboxylic acids is 1. The molecule has 44 valence electrons. The first-order chi connectivity index (χ1) is 3.83. The normalized spacial score (nSPS) is 2.50. The van der Waals surface area contributed by atoms with Crippen LogP contribution < -0.4 is 0 Å². The van der Waals surface area contributed by atoms with Gasteiger partial charge in [-0.15, -0.1) is 0 Å². The van der Waals surface area contributed by atoms with Crippen LogP contribution in [0.5, 0.6) is 0 Å². The Morgan fingerprint density at radius 3 is 1.12 bits per heavy atom. The van der Waals surface area contributed by atoms with Crippen molar-refractivity contribution in [3.8, 4) is 12.1 Å². The van der Waals surface area contributed by atoms with E-state index in [1.54, 1.807) is 12.1 Å². The highest BCUT2D eigenvalue weighted by Crippen LogP contribution is 1.22. The Bertz CT molecular complexity index is 75.6. The molecule has 0 bridgehead atoms. The molecule has 0 saturated heterocycles. The first kappa shape index (κ1) is 15.9. The zero-order valence-electron chi connectivity index (χ0n) is 5.01. The summed E-state index contributed by atoms with van der Waals surface area (Å²) in [5.74, 6) is 0. The fourth-order valence-electron chi connectivity index (χ4n) is 0. The minimum absolute atomic E-state index is 1.43. The molecule has 0 N–H and O–H groups in total. The third kappa shape index (κ3) is 34.0. The third-order valence-corrected chi connectivity index (χ3v) is 0. The summed E-state index contributed by atoms with van der Waals surface area (Å²) < 4.78 is 0. The van der Waals surface area contributed by atoms with E-state index in [0.717, 1.165) is 0 Å². The molecule has 0 amide bonds. The minimum atomic E-state index is 1.43. The van der Waals surface area contributed by atoms with E-state index in [2.05, 4.69) is 0 Å². The van der Waals surface area contributed by atoms with Crippen LogP contribution in [0.3, 0.4) is 0 Å². The lowest BCUT2D eigenvalue weighted by atomic mass is 11.0. The summed E-state index contributed by atoms with van der Waals surface area (Å²) in [7, 11) is 0. The Hall–Kier alpha value is -1.35. The second kappa shape index (κ2) is 289. The largest absolute Gasteiger partial charge is 0.307 e. The van der Waals surface area contributed by atoms with Crippen LogP contribution in [-0.2, 0) is 4.79 Å². The van der Waals surface area contributed by atoms with Crippen molar-refractivity contribution in [1.29, 1.82) is 10.5 Å². The number of nitrogens with zero attached hydrogens (tertiary/aromatic N) is 2. The van der Waals surface area contributed by atoms with Crippen LogP contribution in [0.2, 0.25) is 0 Å². The topological polar surface area (TPSA) is 64.7 Å². The average Bonchev–Trinajstić information content (AvgIpc) is 1.75. The number of rotatable bonds is 0. The summed E-state index contributed by atoms with van der Waals surface area (Å²) >= 11 is 0. The summed E-state index contributed by atoms with van der Waals surface area (Å²) in [4.78, 5) is 8.00. The van der Waals surface area contributed by atoms with Crippen molar-refractivity contribution in [3.63, 3.8) is 0 Å². The van der Waals surface area contributed by atoms with Gasteiger partial charge in [-0.1, -0.05) is 0 Å². The van der Waals surface area contributed by atoms with Gasteiger partial charge >= 0.3 is 0 Å². The SMILES string of the molecule is C=O.CC#N.CC#N. The smallest absolute Gasteiger partial charge is 0.106 e. The van der Waals surface area contributed by atoms with E-state index in [9.17, 15) is 0 Å². The molecule has 0 radical (unpaired) electrons. The number of nitriles is 2. The molecule has 0 aromatic rings. The highest BCUT2D eigenvalue weighted by molar-refractivity contribution is 5.10. The zero-order chi connectivity index (χ0) is 7.41. The maximum atomic E-state index is 8.00. The lowest BCUT2D eigenvalue weighted by molar-refractivity contribution is -0.0979. The summed E-state index contributed by atoms with van der Waals surface area (Å²) in [5, 5.41) is 14.6. The highest BCUT2D eigenvalue weighted by Gasteiger charge is 1.18. The standard InChI is InChI=1S/2C2H3N.CH2O/c2*1-2-3;1-2/h2*1H3;1H2. The number of hydrogen-bond donors (Lipinski definition) is 0. The first-order valence-corrected chi connectivity index (χ1v) is 1.74. The summed E-state index contributed by atoms with van der Waals surface area (Å²) in [5.41, 5.74) is 0. The predicted molar refractivity (Wildman–Crippen MR) is 29.7 cm³/mol. The van der Waals surface area contributed by atoms with Gasteiger partial charge < -0.3 is 4.79 Å². The third-order valence-electron chi connectivity index (χ3n) is 0. The van der Waals surface area contributed by atoms with Crippen molar-refractivity contribution in [2.45, 2.75) is 13.8 Å². The van der Waals surface area contributed by atoms with Gasteiger partial charge in [0.1, 0.15) is 6.79 Å². The zero-order valence-corrected chi connectivity index (χ0v) is 5.01. The molecule has 3 heteroatoms. The molecule has 0 aliphatic heterocycles. The average molecular weight is 112 g/mol. The lowest BCUT2D eigenvalue weighted by Gasteiger charge is -1.15. The van der Waals surface area contributed by atoms with Gasteiger partial charge in [-0.05, 0) is 0 Å². The van der Waals surface area contributed by atoms with Crippen molar-refractivity contribution in [1.82, 2.24) is 0 Å². The van der Waals surface area contributed by atoms with Crippen molar-refractivity contribution >= 4 is 6.79 Å². The fourth-order valence-corrected chi connectivity index (χ4v) is 0. The second-order valence-corrected chi connectivity index (χ2v) is 0.447. The minimum Gasteiger partial charge on any atom is -0.307 e. The van der Waals surface area contributed by atoms with Crippen LogP contribution in [0.15, 0.2) is 0 Å². The summed E-state index contributed by atoms with van der Waals surface area (Å²) in [6, 6.07) is 3.50. The van der Waals surface area contributed by atoms with Crippen LogP contribution in [-0.4, -0.2) is 6.79 Å². The van der Waals surface area contributed by atoms with Gasteiger partial charge in [0.15, 0.2) is 0 Å². The van der Waals surface area contributed by atoms with Crippen molar-refractivity contribution in [2.75, 3.05) is 0 Å². The Kier molecular flexibility index (Phi) is 576. The van der Waals surface area contributed by atoms with E-state index >= 15 is 0 Å². The molecule has 0 spiro atoms. The van der Waals surface area contributed by atoms with E-state index in [1.807, 2.05) is 6.79 Å². The van der Waals surface area contributed by atoms with Crippen LogP contribution in [0.4, 0.5) is 0 Å².